The summed E-state index contributed by atoms with van der Waals surface area (Å²) in [7, 11) is 4.90. The Labute approximate surface area is 171 Å². The smallest absolute Gasteiger partial charge is 0.229 e. The van der Waals surface area contributed by atoms with Crippen LogP contribution in [0.2, 0.25) is 0 Å². The summed E-state index contributed by atoms with van der Waals surface area (Å²) >= 11 is 0. The molecule has 6 nitrogen and oxygen atoms in total. The van der Waals surface area contributed by atoms with Crippen molar-refractivity contribution in [1.82, 2.24) is 4.90 Å². The van der Waals surface area contributed by atoms with Crippen molar-refractivity contribution in [3.63, 3.8) is 0 Å². The van der Waals surface area contributed by atoms with E-state index in [0.717, 1.165) is 42.0 Å². The van der Waals surface area contributed by atoms with Gasteiger partial charge >= 0.3 is 0 Å². The molecule has 0 saturated carbocycles. The number of fused-ring (bicyclic) bond motifs is 1. The molecular weight excluding hydrogens is 370 g/mol. The highest BCUT2D eigenvalue weighted by Crippen LogP contribution is 2.39. The molecule has 0 N–H and O–H groups in total. The molecule has 1 fully saturated rings. The predicted octanol–water partition coefficient (Wildman–Crippen LogP) is 3.63. The van der Waals surface area contributed by atoms with Crippen molar-refractivity contribution in [2.24, 2.45) is 5.92 Å². The quantitative estimate of drug-likeness (QED) is 0.771. The van der Waals surface area contributed by atoms with Crippen LogP contribution >= 0.6 is 0 Å². The lowest BCUT2D eigenvalue weighted by Crippen LogP contribution is -2.40. The molecule has 6 heteroatoms. The molecule has 2 unspecified atom stereocenters. The first-order valence-electron chi connectivity index (χ1n) is 9.96. The first-order valence-corrected chi connectivity index (χ1v) is 9.96. The average molecular weight is 397 g/mol. The number of carbonyl (C=O) groups excluding carboxylic acids is 1. The lowest BCUT2D eigenvalue weighted by molar-refractivity contribution is -0.137. The maximum atomic E-state index is 13.4. The summed E-state index contributed by atoms with van der Waals surface area (Å²) < 4.78 is 22.0. The number of carbonyl (C=O) groups is 1. The zero-order valence-corrected chi connectivity index (χ0v) is 17.1. The predicted molar refractivity (Wildman–Crippen MR) is 109 cm³/mol. The molecule has 0 radical (unpaired) electrons. The third kappa shape index (κ3) is 3.71. The van der Waals surface area contributed by atoms with Gasteiger partial charge in [-0.15, -0.1) is 0 Å². The molecule has 2 aliphatic heterocycles. The highest BCUT2D eigenvalue weighted by molar-refractivity contribution is 5.80. The van der Waals surface area contributed by atoms with Gasteiger partial charge in [-0.25, -0.2) is 0 Å². The van der Waals surface area contributed by atoms with E-state index >= 15 is 0 Å². The Morgan fingerprint density at radius 1 is 1.03 bits per heavy atom. The van der Waals surface area contributed by atoms with Crippen molar-refractivity contribution < 1.29 is 23.7 Å². The number of benzene rings is 2. The zero-order chi connectivity index (χ0) is 20.4. The van der Waals surface area contributed by atoms with E-state index in [9.17, 15) is 4.79 Å². The van der Waals surface area contributed by atoms with Crippen molar-refractivity contribution in [3.8, 4) is 23.0 Å². The molecule has 2 aromatic carbocycles. The van der Waals surface area contributed by atoms with Gasteiger partial charge in [0.25, 0.3) is 0 Å². The number of ether oxygens (including phenoxy) is 4. The normalized spacial score (nSPS) is 20.6. The van der Waals surface area contributed by atoms with Gasteiger partial charge in [0, 0.05) is 6.54 Å². The highest BCUT2D eigenvalue weighted by atomic mass is 16.5. The fourth-order valence-corrected chi connectivity index (χ4v) is 4.33. The third-order valence-corrected chi connectivity index (χ3v) is 5.85. The molecule has 0 spiro atoms. The van der Waals surface area contributed by atoms with Crippen molar-refractivity contribution in [2.45, 2.75) is 25.3 Å². The minimum atomic E-state index is -0.185. The van der Waals surface area contributed by atoms with Crippen LogP contribution in [-0.2, 0) is 11.2 Å². The summed E-state index contributed by atoms with van der Waals surface area (Å²) in [5.74, 6) is 2.97. The highest BCUT2D eigenvalue weighted by Gasteiger charge is 2.36. The van der Waals surface area contributed by atoms with Crippen molar-refractivity contribution in [3.05, 3.63) is 47.5 Å². The average Bonchev–Trinajstić information content (AvgIpc) is 3.27. The van der Waals surface area contributed by atoms with E-state index in [4.69, 9.17) is 18.9 Å². The van der Waals surface area contributed by atoms with Gasteiger partial charge in [-0.2, -0.15) is 0 Å². The van der Waals surface area contributed by atoms with Crippen LogP contribution in [0.15, 0.2) is 36.4 Å². The number of rotatable bonds is 5. The summed E-state index contributed by atoms with van der Waals surface area (Å²) in [4.78, 5) is 15.4. The molecule has 0 aliphatic carbocycles. The number of amides is 1. The monoisotopic (exact) mass is 397 g/mol. The maximum Gasteiger partial charge on any atom is 0.229 e. The lowest BCUT2D eigenvalue weighted by atomic mass is 9.94. The van der Waals surface area contributed by atoms with E-state index in [1.165, 1.54) is 0 Å². The molecule has 1 amide bonds. The molecular formula is C23H27NO5. The fraction of sp³-hybridized carbons (Fsp3) is 0.435. The molecule has 29 heavy (non-hydrogen) atoms. The molecule has 0 aromatic heterocycles. The van der Waals surface area contributed by atoms with Crippen LogP contribution in [0.5, 0.6) is 23.0 Å². The van der Waals surface area contributed by atoms with Gasteiger partial charge < -0.3 is 23.8 Å². The number of nitrogens with zero attached hydrogens (tertiary/aromatic N) is 1. The molecule has 154 valence electrons. The van der Waals surface area contributed by atoms with Crippen LogP contribution in [0.4, 0.5) is 0 Å². The van der Waals surface area contributed by atoms with Gasteiger partial charge in [0.15, 0.2) is 11.5 Å². The van der Waals surface area contributed by atoms with Gasteiger partial charge in [-0.3, -0.25) is 4.79 Å². The Hall–Kier alpha value is -2.89. The minimum absolute atomic E-state index is 0.0500. The van der Waals surface area contributed by atoms with E-state index in [2.05, 4.69) is 0 Å². The number of hydrogen-bond acceptors (Lipinski definition) is 5. The number of likely N-dealkylation sites (tertiary alicyclic amines) is 1. The summed E-state index contributed by atoms with van der Waals surface area (Å²) in [5.41, 5.74) is 2.10. The van der Waals surface area contributed by atoms with E-state index in [1.807, 2.05) is 41.3 Å². The Morgan fingerprint density at radius 2 is 1.86 bits per heavy atom. The summed E-state index contributed by atoms with van der Waals surface area (Å²) in [6.07, 6.45) is 2.60. The van der Waals surface area contributed by atoms with Crippen molar-refractivity contribution in [2.75, 3.05) is 34.5 Å². The minimum Gasteiger partial charge on any atom is -0.497 e. The van der Waals surface area contributed by atoms with Crippen LogP contribution in [-0.4, -0.2) is 45.3 Å². The lowest BCUT2D eigenvalue weighted by Gasteiger charge is -2.32. The molecule has 4 rings (SSSR count). The van der Waals surface area contributed by atoms with Gasteiger partial charge in [-0.05, 0) is 60.7 Å². The second-order valence-electron chi connectivity index (χ2n) is 7.49. The van der Waals surface area contributed by atoms with E-state index in [0.29, 0.717) is 24.5 Å². The van der Waals surface area contributed by atoms with E-state index in [1.54, 1.807) is 21.3 Å². The molecule has 2 heterocycles. The number of hydrogen-bond donors (Lipinski definition) is 0. The standard InChI is InChI=1S/C23H27NO5/c1-26-18-7-9-20-16(12-18)11-17(14-29-20)23(25)24-10-4-5-19(24)15-6-8-21(27-2)22(13-15)28-3/h6-9,12-13,17,19H,4-5,10-11,14H2,1-3H3. The Kier molecular flexibility index (Phi) is 5.51. The fourth-order valence-electron chi connectivity index (χ4n) is 4.33. The van der Waals surface area contributed by atoms with Crippen molar-refractivity contribution in [1.29, 1.82) is 0 Å². The molecule has 1 saturated heterocycles. The van der Waals surface area contributed by atoms with Crippen LogP contribution in [0, 0.1) is 5.92 Å². The maximum absolute atomic E-state index is 13.4. The molecule has 2 atom stereocenters. The number of methoxy groups -OCH3 is 3. The zero-order valence-electron chi connectivity index (χ0n) is 17.1. The summed E-state index contributed by atoms with van der Waals surface area (Å²) in [6.45, 7) is 1.17. The van der Waals surface area contributed by atoms with Gasteiger partial charge in [-0.1, -0.05) is 6.07 Å². The second kappa shape index (κ2) is 8.23. The largest absolute Gasteiger partial charge is 0.497 e. The molecule has 0 bridgehead atoms. The van der Waals surface area contributed by atoms with Crippen molar-refractivity contribution >= 4 is 5.91 Å². The molecule has 2 aromatic rings. The molecule has 2 aliphatic rings. The SMILES string of the molecule is COc1ccc2c(c1)CC(C(=O)N1CCCC1c1ccc(OC)c(OC)c1)CO2. The van der Waals surface area contributed by atoms with E-state index in [-0.39, 0.29) is 17.9 Å². The third-order valence-electron chi connectivity index (χ3n) is 5.85. The van der Waals surface area contributed by atoms with Crippen LogP contribution in [0.3, 0.4) is 0 Å². The Balaban J connectivity index is 1.54. The Morgan fingerprint density at radius 3 is 2.62 bits per heavy atom. The topological polar surface area (TPSA) is 57.2 Å². The van der Waals surface area contributed by atoms with E-state index < -0.39 is 0 Å². The van der Waals surface area contributed by atoms with Gasteiger partial charge in [0.1, 0.15) is 18.1 Å². The first kappa shape index (κ1) is 19.4. The van der Waals surface area contributed by atoms with Gasteiger partial charge in [0.2, 0.25) is 5.91 Å². The van der Waals surface area contributed by atoms with Crippen LogP contribution in [0.1, 0.15) is 30.0 Å². The van der Waals surface area contributed by atoms with Crippen LogP contribution in [0.25, 0.3) is 0 Å². The Bertz CT molecular complexity index is 897. The second-order valence-corrected chi connectivity index (χ2v) is 7.49. The summed E-state index contributed by atoms with van der Waals surface area (Å²) in [6, 6.07) is 11.7. The van der Waals surface area contributed by atoms with Crippen LogP contribution < -0.4 is 18.9 Å². The summed E-state index contributed by atoms with van der Waals surface area (Å²) in [5, 5.41) is 0. The van der Waals surface area contributed by atoms with Gasteiger partial charge in [0.05, 0.1) is 33.3 Å². The first-order chi connectivity index (χ1) is 14.1.